The van der Waals surface area contributed by atoms with Crippen LogP contribution in [-0.2, 0) is 0 Å². The van der Waals surface area contributed by atoms with Gasteiger partial charge in [-0.2, -0.15) is 0 Å². The molecule has 4 aromatic rings. The minimum atomic E-state index is -0.480. The quantitative estimate of drug-likeness (QED) is 0.323. The van der Waals surface area contributed by atoms with E-state index in [2.05, 4.69) is 10.3 Å². The molecule has 0 radical (unpaired) electrons. The zero-order valence-corrected chi connectivity index (χ0v) is 14.0. The summed E-state index contributed by atoms with van der Waals surface area (Å²) in [5, 5.41) is 17.0. The lowest BCUT2D eigenvalue weighted by Gasteiger charge is -2.03. The van der Waals surface area contributed by atoms with Crippen molar-refractivity contribution in [2.75, 3.05) is 5.32 Å². The molecule has 0 aliphatic heterocycles. The SMILES string of the molecule is O=c1oc2ccccc2cc1-c1csc(Nc2ccccc2[N+](=O)[O-])n1. The number of hydrogen-bond donors (Lipinski definition) is 1. The third-order valence-corrected chi connectivity index (χ3v) is 4.52. The summed E-state index contributed by atoms with van der Waals surface area (Å²) in [5.74, 6) is 0. The van der Waals surface area contributed by atoms with Gasteiger partial charge in [0.05, 0.1) is 16.2 Å². The molecule has 2 aromatic carbocycles. The first-order valence-corrected chi connectivity index (χ1v) is 8.49. The number of nitrogens with zero attached hydrogens (tertiary/aromatic N) is 2. The maximum absolute atomic E-state index is 12.2. The van der Waals surface area contributed by atoms with E-state index < -0.39 is 10.5 Å². The van der Waals surface area contributed by atoms with Gasteiger partial charge in [0, 0.05) is 16.8 Å². The third kappa shape index (κ3) is 2.93. The molecule has 7 nitrogen and oxygen atoms in total. The molecule has 0 atom stereocenters. The smallest absolute Gasteiger partial charge is 0.345 e. The number of nitro benzene ring substituents is 1. The Kier molecular flexibility index (Phi) is 3.94. The van der Waals surface area contributed by atoms with Crippen LogP contribution in [0, 0.1) is 10.1 Å². The second-order valence-corrected chi connectivity index (χ2v) is 6.28. The predicted molar refractivity (Wildman–Crippen MR) is 100.0 cm³/mol. The Morgan fingerprint density at radius 2 is 1.88 bits per heavy atom. The molecule has 0 saturated heterocycles. The zero-order chi connectivity index (χ0) is 18.1. The first-order chi connectivity index (χ1) is 12.6. The monoisotopic (exact) mass is 365 g/mol. The van der Waals surface area contributed by atoms with Gasteiger partial charge >= 0.3 is 5.63 Å². The van der Waals surface area contributed by atoms with Crippen molar-refractivity contribution in [3.05, 3.63) is 80.5 Å². The number of nitrogens with one attached hydrogen (secondary N) is 1. The van der Waals surface area contributed by atoms with Gasteiger partial charge < -0.3 is 9.73 Å². The van der Waals surface area contributed by atoms with Gasteiger partial charge in [-0.3, -0.25) is 10.1 Å². The number of fused-ring (bicyclic) bond motifs is 1. The van der Waals surface area contributed by atoms with Gasteiger partial charge in [-0.25, -0.2) is 9.78 Å². The van der Waals surface area contributed by atoms with Crippen LogP contribution >= 0.6 is 11.3 Å². The Hall–Kier alpha value is -3.52. The normalized spacial score (nSPS) is 10.8. The van der Waals surface area contributed by atoms with Gasteiger partial charge in [0.25, 0.3) is 5.69 Å². The molecule has 0 bridgehead atoms. The molecule has 26 heavy (non-hydrogen) atoms. The molecule has 0 spiro atoms. The number of thiazole rings is 1. The largest absolute Gasteiger partial charge is 0.422 e. The van der Waals surface area contributed by atoms with E-state index in [1.807, 2.05) is 12.1 Å². The van der Waals surface area contributed by atoms with E-state index >= 15 is 0 Å². The number of hydrogen-bond acceptors (Lipinski definition) is 7. The molecule has 0 unspecified atom stereocenters. The summed E-state index contributed by atoms with van der Waals surface area (Å²) in [6, 6.07) is 15.3. The predicted octanol–water partition coefficient (Wildman–Crippen LogP) is 4.57. The van der Waals surface area contributed by atoms with Gasteiger partial charge in [-0.15, -0.1) is 11.3 Å². The van der Waals surface area contributed by atoms with Crippen molar-refractivity contribution < 1.29 is 9.34 Å². The van der Waals surface area contributed by atoms with Crippen molar-refractivity contribution in [1.29, 1.82) is 0 Å². The Morgan fingerprint density at radius 1 is 1.12 bits per heavy atom. The molecule has 0 aliphatic rings. The van der Waals surface area contributed by atoms with E-state index in [9.17, 15) is 14.9 Å². The first-order valence-electron chi connectivity index (χ1n) is 7.61. The molecular weight excluding hydrogens is 354 g/mol. The number of aromatic nitrogens is 1. The Labute approximate surface area is 150 Å². The molecule has 1 N–H and O–H groups in total. The molecule has 0 saturated carbocycles. The van der Waals surface area contributed by atoms with E-state index in [0.29, 0.717) is 27.7 Å². The number of anilines is 2. The number of nitro groups is 1. The van der Waals surface area contributed by atoms with Crippen molar-refractivity contribution in [2.24, 2.45) is 0 Å². The summed E-state index contributed by atoms with van der Waals surface area (Å²) in [5.41, 5.74) is 1.12. The Balaban J connectivity index is 1.70. The highest BCUT2D eigenvalue weighted by Crippen LogP contribution is 2.31. The van der Waals surface area contributed by atoms with Crippen molar-refractivity contribution in [3.8, 4) is 11.3 Å². The summed E-state index contributed by atoms with van der Waals surface area (Å²) in [7, 11) is 0. The minimum Gasteiger partial charge on any atom is -0.422 e. The molecule has 128 valence electrons. The lowest BCUT2D eigenvalue weighted by Crippen LogP contribution is -2.03. The minimum absolute atomic E-state index is 0.0468. The topological polar surface area (TPSA) is 98.3 Å². The molecular formula is C18H11N3O4S. The van der Waals surface area contributed by atoms with Gasteiger partial charge in [0.2, 0.25) is 0 Å². The van der Waals surface area contributed by atoms with Gasteiger partial charge in [-0.05, 0) is 18.2 Å². The average Bonchev–Trinajstić information content (AvgIpc) is 3.09. The maximum Gasteiger partial charge on any atom is 0.345 e. The van der Waals surface area contributed by atoms with Crippen LogP contribution < -0.4 is 10.9 Å². The second-order valence-electron chi connectivity index (χ2n) is 5.42. The highest BCUT2D eigenvalue weighted by atomic mass is 32.1. The number of para-hydroxylation sites is 3. The van der Waals surface area contributed by atoms with Crippen molar-refractivity contribution in [3.63, 3.8) is 0 Å². The van der Waals surface area contributed by atoms with E-state index in [1.165, 1.54) is 17.4 Å². The molecule has 2 aromatic heterocycles. The molecule has 4 rings (SSSR count). The molecule has 0 amide bonds. The molecule has 2 heterocycles. The Bertz CT molecular complexity index is 1180. The standard InChI is InChI=1S/C18H11N3O4S/c22-17-12(9-11-5-1-4-8-16(11)25-17)14-10-26-18(20-14)19-13-6-2-3-7-15(13)21(23)24/h1-10H,(H,19,20). The summed E-state index contributed by atoms with van der Waals surface area (Å²) in [6.45, 7) is 0. The summed E-state index contributed by atoms with van der Waals surface area (Å²) in [4.78, 5) is 27.2. The van der Waals surface area contributed by atoms with E-state index in [-0.39, 0.29) is 5.69 Å². The second kappa shape index (κ2) is 6.41. The average molecular weight is 365 g/mol. The van der Waals surface area contributed by atoms with E-state index in [0.717, 1.165) is 5.39 Å². The van der Waals surface area contributed by atoms with Crippen LogP contribution in [0.25, 0.3) is 22.2 Å². The van der Waals surface area contributed by atoms with Crippen LogP contribution in [-0.4, -0.2) is 9.91 Å². The summed E-state index contributed by atoms with van der Waals surface area (Å²) >= 11 is 1.25. The van der Waals surface area contributed by atoms with Gasteiger partial charge in [0.1, 0.15) is 11.3 Å². The highest BCUT2D eigenvalue weighted by Gasteiger charge is 2.15. The van der Waals surface area contributed by atoms with Crippen molar-refractivity contribution in [2.45, 2.75) is 0 Å². The summed E-state index contributed by atoms with van der Waals surface area (Å²) < 4.78 is 5.32. The van der Waals surface area contributed by atoms with Gasteiger partial charge in [0.15, 0.2) is 5.13 Å². The van der Waals surface area contributed by atoms with E-state index in [4.69, 9.17) is 4.42 Å². The molecule has 0 fully saturated rings. The lowest BCUT2D eigenvalue weighted by atomic mass is 10.1. The fraction of sp³-hybridized carbons (Fsp3) is 0. The van der Waals surface area contributed by atoms with Crippen LogP contribution in [0.3, 0.4) is 0 Å². The third-order valence-electron chi connectivity index (χ3n) is 3.76. The van der Waals surface area contributed by atoms with Crippen molar-refractivity contribution in [1.82, 2.24) is 4.98 Å². The highest BCUT2D eigenvalue weighted by molar-refractivity contribution is 7.14. The fourth-order valence-electron chi connectivity index (χ4n) is 2.55. The van der Waals surface area contributed by atoms with Crippen LogP contribution in [0.1, 0.15) is 0 Å². The van der Waals surface area contributed by atoms with Crippen LogP contribution in [0.2, 0.25) is 0 Å². The van der Waals surface area contributed by atoms with Crippen LogP contribution in [0.5, 0.6) is 0 Å². The van der Waals surface area contributed by atoms with Crippen LogP contribution in [0.4, 0.5) is 16.5 Å². The van der Waals surface area contributed by atoms with Crippen LogP contribution in [0.15, 0.2) is 69.2 Å². The molecule has 8 heteroatoms. The summed E-state index contributed by atoms with van der Waals surface area (Å²) in [6.07, 6.45) is 0. The van der Waals surface area contributed by atoms with Crippen molar-refractivity contribution >= 4 is 38.8 Å². The maximum atomic E-state index is 12.2. The van der Waals surface area contributed by atoms with E-state index in [1.54, 1.807) is 41.8 Å². The Morgan fingerprint density at radius 3 is 2.73 bits per heavy atom. The fourth-order valence-corrected chi connectivity index (χ4v) is 3.27. The number of rotatable bonds is 4. The zero-order valence-electron chi connectivity index (χ0n) is 13.2. The van der Waals surface area contributed by atoms with Gasteiger partial charge in [-0.1, -0.05) is 30.3 Å². The molecule has 0 aliphatic carbocycles. The first kappa shape index (κ1) is 16.0. The number of benzene rings is 2. The lowest BCUT2D eigenvalue weighted by molar-refractivity contribution is -0.383.